The van der Waals surface area contributed by atoms with Crippen molar-refractivity contribution in [2.24, 2.45) is 5.41 Å². The molecule has 0 aliphatic heterocycles. The smallest absolute Gasteiger partial charge is 0.230 e. The van der Waals surface area contributed by atoms with Crippen molar-refractivity contribution in [3.05, 3.63) is 0 Å². The molecule has 0 heterocycles. The first-order valence-corrected chi connectivity index (χ1v) is 5.67. The van der Waals surface area contributed by atoms with Crippen LogP contribution < -0.4 is 5.32 Å². The van der Waals surface area contributed by atoms with Crippen LogP contribution in [-0.2, 0) is 4.79 Å². The van der Waals surface area contributed by atoms with Gasteiger partial charge in [-0.15, -0.1) is 0 Å². The normalized spacial score (nSPS) is 18.8. The van der Waals surface area contributed by atoms with Crippen LogP contribution in [-0.4, -0.2) is 17.8 Å². The van der Waals surface area contributed by atoms with Crippen LogP contribution in [0.5, 0.6) is 0 Å². The molecule has 0 saturated heterocycles. The van der Waals surface area contributed by atoms with E-state index < -0.39 is 0 Å². The molecule has 1 aliphatic carbocycles. The van der Waals surface area contributed by atoms with Crippen molar-refractivity contribution in [1.29, 1.82) is 0 Å². The molecule has 0 spiro atoms. The van der Waals surface area contributed by atoms with Gasteiger partial charge in [0.05, 0.1) is 5.33 Å². The first-order chi connectivity index (χ1) is 5.72. The minimum atomic E-state index is 0.109. The van der Waals surface area contributed by atoms with Crippen LogP contribution in [0.25, 0.3) is 0 Å². The Balaban J connectivity index is 2.17. The summed E-state index contributed by atoms with van der Waals surface area (Å²) < 4.78 is 0. The maximum atomic E-state index is 10.9. The van der Waals surface area contributed by atoms with Gasteiger partial charge >= 0.3 is 0 Å². The molecule has 3 heteroatoms. The number of carbonyl (C=O) groups excluding carboxylic acids is 1. The molecule has 1 saturated carbocycles. The largest absolute Gasteiger partial charge is 0.355 e. The van der Waals surface area contributed by atoms with Gasteiger partial charge < -0.3 is 5.32 Å². The van der Waals surface area contributed by atoms with E-state index in [9.17, 15) is 4.79 Å². The molecule has 0 radical (unpaired) electrons. The number of hydrogen-bond acceptors (Lipinski definition) is 1. The van der Waals surface area contributed by atoms with E-state index in [2.05, 4.69) is 28.2 Å². The number of carbonyl (C=O) groups is 1. The van der Waals surface area contributed by atoms with Crippen LogP contribution in [0.4, 0.5) is 0 Å². The molecule has 0 bridgehead atoms. The Labute approximate surface area is 82.2 Å². The third-order valence-corrected chi connectivity index (χ3v) is 3.03. The van der Waals surface area contributed by atoms with Gasteiger partial charge in [0.25, 0.3) is 0 Å². The Morgan fingerprint density at radius 3 is 2.67 bits per heavy atom. The van der Waals surface area contributed by atoms with Crippen LogP contribution >= 0.6 is 15.9 Å². The highest BCUT2D eigenvalue weighted by molar-refractivity contribution is 9.09. The minimum Gasteiger partial charge on any atom is -0.355 e. The van der Waals surface area contributed by atoms with E-state index in [1.807, 2.05) is 0 Å². The molecule has 12 heavy (non-hydrogen) atoms. The lowest BCUT2D eigenvalue weighted by atomic mass is 10.0. The summed E-state index contributed by atoms with van der Waals surface area (Å²) in [4.78, 5) is 10.9. The molecule has 1 fully saturated rings. The van der Waals surface area contributed by atoms with Crippen molar-refractivity contribution in [3.63, 3.8) is 0 Å². The second-order valence-electron chi connectivity index (χ2n) is 3.66. The lowest BCUT2D eigenvalue weighted by Crippen LogP contribution is -2.30. The quantitative estimate of drug-likeness (QED) is 0.725. The van der Waals surface area contributed by atoms with Crippen molar-refractivity contribution in [3.8, 4) is 0 Å². The molecular weight excluding hydrogens is 218 g/mol. The lowest BCUT2D eigenvalue weighted by molar-refractivity contribution is -0.118. The molecule has 1 rings (SSSR count). The van der Waals surface area contributed by atoms with E-state index in [4.69, 9.17) is 0 Å². The van der Waals surface area contributed by atoms with Gasteiger partial charge in [-0.25, -0.2) is 0 Å². The van der Waals surface area contributed by atoms with E-state index in [1.165, 1.54) is 25.7 Å². The highest BCUT2D eigenvalue weighted by Crippen LogP contribution is 2.48. The first kappa shape index (κ1) is 10.0. The maximum absolute atomic E-state index is 10.9. The third kappa shape index (κ3) is 2.77. The fourth-order valence-corrected chi connectivity index (χ4v) is 1.75. The van der Waals surface area contributed by atoms with Crippen molar-refractivity contribution in [2.75, 3.05) is 11.9 Å². The summed E-state index contributed by atoms with van der Waals surface area (Å²) in [5.41, 5.74) is 0.479. The Kier molecular flexibility index (Phi) is 3.56. The van der Waals surface area contributed by atoms with Crippen molar-refractivity contribution < 1.29 is 4.79 Å². The molecule has 0 aromatic carbocycles. The number of hydrogen-bond donors (Lipinski definition) is 1. The molecule has 0 aromatic heterocycles. The maximum Gasteiger partial charge on any atom is 0.230 e. The SMILES string of the molecule is CCCC1(CNC(=O)CBr)CC1. The Morgan fingerprint density at radius 2 is 2.25 bits per heavy atom. The number of amides is 1. The summed E-state index contributed by atoms with van der Waals surface area (Å²) in [5.74, 6) is 0.109. The minimum absolute atomic E-state index is 0.109. The Hall–Kier alpha value is -0.0500. The average molecular weight is 234 g/mol. The summed E-state index contributed by atoms with van der Waals surface area (Å²) in [6.07, 6.45) is 5.08. The zero-order chi connectivity index (χ0) is 9.03. The van der Waals surface area contributed by atoms with Gasteiger partial charge in [-0.05, 0) is 24.7 Å². The van der Waals surface area contributed by atoms with Gasteiger partial charge in [0.1, 0.15) is 0 Å². The molecule has 1 aliphatic rings. The highest BCUT2D eigenvalue weighted by atomic mass is 79.9. The van der Waals surface area contributed by atoms with Gasteiger partial charge in [0, 0.05) is 6.54 Å². The van der Waals surface area contributed by atoms with E-state index in [0.29, 0.717) is 10.7 Å². The first-order valence-electron chi connectivity index (χ1n) is 4.55. The van der Waals surface area contributed by atoms with Crippen LogP contribution in [0.2, 0.25) is 0 Å². The second-order valence-corrected chi connectivity index (χ2v) is 4.22. The number of nitrogens with one attached hydrogen (secondary N) is 1. The molecule has 0 unspecified atom stereocenters. The predicted molar refractivity (Wildman–Crippen MR) is 53.4 cm³/mol. The molecule has 0 aromatic rings. The summed E-state index contributed by atoms with van der Waals surface area (Å²) in [7, 11) is 0. The van der Waals surface area contributed by atoms with Gasteiger partial charge in [-0.1, -0.05) is 29.3 Å². The Morgan fingerprint density at radius 1 is 1.58 bits per heavy atom. The average Bonchev–Trinajstić information content (AvgIpc) is 2.82. The van der Waals surface area contributed by atoms with Crippen molar-refractivity contribution in [1.82, 2.24) is 5.32 Å². The zero-order valence-electron chi connectivity index (χ0n) is 7.53. The molecule has 0 atom stereocenters. The van der Waals surface area contributed by atoms with E-state index in [0.717, 1.165) is 6.54 Å². The molecule has 2 nitrogen and oxygen atoms in total. The van der Waals surface area contributed by atoms with Gasteiger partial charge in [0.2, 0.25) is 5.91 Å². The van der Waals surface area contributed by atoms with Crippen LogP contribution in [0.3, 0.4) is 0 Å². The van der Waals surface area contributed by atoms with Gasteiger partial charge in [0.15, 0.2) is 0 Å². The van der Waals surface area contributed by atoms with Crippen molar-refractivity contribution in [2.45, 2.75) is 32.6 Å². The number of rotatable bonds is 5. The highest BCUT2D eigenvalue weighted by Gasteiger charge is 2.41. The van der Waals surface area contributed by atoms with E-state index in [-0.39, 0.29) is 5.91 Å². The summed E-state index contributed by atoms with van der Waals surface area (Å²) in [6, 6.07) is 0. The van der Waals surface area contributed by atoms with Gasteiger partial charge in [-0.3, -0.25) is 4.79 Å². The standard InChI is InChI=1S/C9H16BrNO/c1-2-3-9(4-5-9)7-11-8(12)6-10/h2-7H2,1H3,(H,11,12). The summed E-state index contributed by atoms with van der Waals surface area (Å²) in [5, 5.41) is 3.36. The summed E-state index contributed by atoms with van der Waals surface area (Å²) in [6.45, 7) is 3.08. The van der Waals surface area contributed by atoms with Crippen LogP contribution in [0.15, 0.2) is 0 Å². The molecule has 1 amide bonds. The number of alkyl halides is 1. The van der Waals surface area contributed by atoms with E-state index >= 15 is 0 Å². The van der Waals surface area contributed by atoms with Crippen LogP contribution in [0.1, 0.15) is 32.6 Å². The fraction of sp³-hybridized carbons (Fsp3) is 0.889. The summed E-state index contributed by atoms with van der Waals surface area (Å²) >= 11 is 3.13. The Bertz CT molecular complexity index is 166. The van der Waals surface area contributed by atoms with Gasteiger partial charge in [-0.2, -0.15) is 0 Å². The van der Waals surface area contributed by atoms with E-state index in [1.54, 1.807) is 0 Å². The topological polar surface area (TPSA) is 29.1 Å². The predicted octanol–water partition coefficient (Wildman–Crippen LogP) is 2.08. The number of halogens is 1. The zero-order valence-corrected chi connectivity index (χ0v) is 9.11. The second kappa shape index (κ2) is 4.26. The molecule has 1 N–H and O–H groups in total. The van der Waals surface area contributed by atoms with Crippen LogP contribution in [0, 0.1) is 5.41 Å². The molecular formula is C9H16BrNO. The van der Waals surface area contributed by atoms with Crippen molar-refractivity contribution >= 4 is 21.8 Å². The lowest BCUT2D eigenvalue weighted by Gasteiger charge is -2.13. The third-order valence-electron chi connectivity index (χ3n) is 2.52. The molecule has 70 valence electrons. The fourth-order valence-electron chi connectivity index (χ4n) is 1.56. The monoisotopic (exact) mass is 233 g/mol.